The lowest BCUT2D eigenvalue weighted by Crippen LogP contribution is -2.08. The lowest BCUT2D eigenvalue weighted by molar-refractivity contribution is 0.0970. The second-order valence-electron chi connectivity index (χ2n) is 4.68. The number of fused-ring (bicyclic) bond motifs is 1. The van der Waals surface area contributed by atoms with Gasteiger partial charge in [-0.2, -0.15) is 5.26 Å². The maximum Gasteiger partial charge on any atom is 0.199 e. The monoisotopic (exact) mass is 276 g/mol. The van der Waals surface area contributed by atoms with Gasteiger partial charge in [-0.05, 0) is 17.7 Å². The molecule has 3 aromatic rings. The minimum atomic E-state index is -0.472. The third-order valence-electron chi connectivity index (χ3n) is 3.27. The van der Waals surface area contributed by atoms with Crippen LogP contribution in [0.25, 0.3) is 11.2 Å². The Balaban J connectivity index is 1.83. The van der Waals surface area contributed by atoms with Crippen molar-refractivity contribution in [1.82, 2.24) is 15.0 Å². The Kier molecular flexibility index (Phi) is 3.44. The molecule has 0 fully saturated rings. The molecular formula is C16H12N4O. The summed E-state index contributed by atoms with van der Waals surface area (Å²) in [4.78, 5) is 23.5. The third-order valence-corrected chi connectivity index (χ3v) is 3.27. The maximum absolute atomic E-state index is 12.3. The zero-order valence-electron chi connectivity index (χ0n) is 11.2. The summed E-state index contributed by atoms with van der Waals surface area (Å²) in [6.07, 6.45) is 1.72. The van der Waals surface area contributed by atoms with E-state index in [1.54, 1.807) is 12.3 Å². The molecular weight excluding hydrogens is 264 g/mol. The highest BCUT2D eigenvalue weighted by Gasteiger charge is 2.19. The molecule has 102 valence electrons. The average Bonchev–Trinajstić information content (AvgIpc) is 2.97. The van der Waals surface area contributed by atoms with E-state index in [0.717, 1.165) is 5.56 Å². The number of rotatable bonds is 4. The molecule has 0 radical (unpaired) electrons. The first kappa shape index (κ1) is 13.0. The first-order valence-electron chi connectivity index (χ1n) is 6.56. The fourth-order valence-electron chi connectivity index (χ4n) is 2.18. The minimum absolute atomic E-state index is 0.0976. The molecule has 0 saturated carbocycles. The number of hydrogen-bond donors (Lipinski definition) is 1. The molecule has 2 aromatic heterocycles. The standard InChI is InChI=1S/C16H12N4O/c17-10-12(11-5-2-1-3-6-11)9-14(21)16-19-13-7-4-8-18-15(13)20-16/h1-8,12H,9H2,(H,18,19,20). The SMILES string of the molecule is N#CC(CC(=O)c1nc2ncccc2[nH]1)c1ccccc1. The topological polar surface area (TPSA) is 82.4 Å². The highest BCUT2D eigenvalue weighted by molar-refractivity contribution is 5.95. The Bertz CT molecular complexity index is 784. The number of carbonyl (C=O) groups excluding carboxylic acids is 1. The van der Waals surface area contributed by atoms with Gasteiger partial charge in [0.1, 0.15) is 0 Å². The number of carbonyl (C=O) groups is 1. The van der Waals surface area contributed by atoms with E-state index in [4.69, 9.17) is 0 Å². The van der Waals surface area contributed by atoms with Gasteiger partial charge in [0.2, 0.25) is 0 Å². The number of nitrogens with one attached hydrogen (secondary N) is 1. The van der Waals surface area contributed by atoms with Crippen LogP contribution in [0.2, 0.25) is 0 Å². The highest BCUT2D eigenvalue weighted by Crippen LogP contribution is 2.20. The molecule has 0 aliphatic heterocycles. The number of nitrogens with zero attached hydrogens (tertiary/aromatic N) is 3. The van der Waals surface area contributed by atoms with Gasteiger partial charge in [0.15, 0.2) is 17.3 Å². The van der Waals surface area contributed by atoms with Crippen molar-refractivity contribution in [1.29, 1.82) is 5.26 Å². The average molecular weight is 276 g/mol. The van der Waals surface area contributed by atoms with E-state index in [0.29, 0.717) is 11.2 Å². The molecule has 5 nitrogen and oxygen atoms in total. The highest BCUT2D eigenvalue weighted by atomic mass is 16.1. The zero-order chi connectivity index (χ0) is 14.7. The number of H-pyrrole nitrogens is 1. The van der Waals surface area contributed by atoms with Crippen LogP contribution in [-0.2, 0) is 0 Å². The quantitative estimate of drug-likeness (QED) is 0.743. The van der Waals surface area contributed by atoms with Crippen LogP contribution in [0, 0.1) is 11.3 Å². The lowest BCUT2D eigenvalue weighted by atomic mass is 9.95. The predicted octanol–water partition coefficient (Wildman–Crippen LogP) is 2.84. The molecule has 1 aromatic carbocycles. The fourth-order valence-corrected chi connectivity index (χ4v) is 2.18. The molecule has 5 heteroatoms. The molecule has 0 saturated heterocycles. The summed E-state index contributed by atoms with van der Waals surface area (Å²) in [5.74, 6) is -0.414. The molecule has 21 heavy (non-hydrogen) atoms. The van der Waals surface area contributed by atoms with Gasteiger partial charge in [-0.25, -0.2) is 9.97 Å². The number of imidazole rings is 1. The van der Waals surface area contributed by atoms with Crippen LogP contribution in [0.15, 0.2) is 48.7 Å². The van der Waals surface area contributed by atoms with Crippen molar-refractivity contribution in [2.24, 2.45) is 0 Å². The smallest absolute Gasteiger partial charge is 0.199 e. The Morgan fingerprint density at radius 1 is 1.24 bits per heavy atom. The summed E-state index contributed by atoms with van der Waals surface area (Å²) in [5, 5.41) is 9.27. The number of ketones is 1. The molecule has 3 rings (SSSR count). The van der Waals surface area contributed by atoms with Crippen molar-refractivity contribution in [3.05, 3.63) is 60.0 Å². The Labute approximate surface area is 121 Å². The van der Waals surface area contributed by atoms with Gasteiger partial charge in [0.25, 0.3) is 0 Å². The van der Waals surface area contributed by atoms with Crippen LogP contribution in [-0.4, -0.2) is 20.7 Å². The predicted molar refractivity (Wildman–Crippen MR) is 77.6 cm³/mol. The van der Waals surface area contributed by atoms with Crippen molar-refractivity contribution in [3.8, 4) is 6.07 Å². The first-order valence-corrected chi connectivity index (χ1v) is 6.56. The van der Waals surface area contributed by atoms with Crippen LogP contribution in [0.4, 0.5) is 0 Å². The molecule has 1 atom stereocenters. The van der Waals surface area contributed by atoms with Crippen molar-refractivity contribution >= 4 is 16.9 Å². The number of hydrogen-bond acceptors (Lipinski definition) is 4. The Morgan fingerprint density at radius 2 is 2.05 bits per heavy atom. The van der Waals surface area contributed by atoms with E-state index >= 15 is 0 Å². The second-order valence-corrected chi connectivity index (χ2v) is 4.68. The molecule has 1 unspecified atom stereocenters. The van der Waals surface area contributed by atoms with Gasteiger partial charge in [-0.3, -0.25) is 4.79 Å². The van der Waals surface area contributed by atoms with E-state index in [1.807, 2.05) is 36.4 Å². The molecule has 0 spiro atoms. The molecule has 2 heterocycles. The van der Waals surface area contributed by atoms with Crippen LogP contribution >= 0.6 is 0 Å². The number of aromatic nitrogens is 3. The van der Waals surface area contributed by atoms with E-state index in [9.17, 15) is 10.1 Å². The molecule has 0 aliphatic carbocycles. The van der Waals surface area contributed by atoms with Crippen LogP contribution < -0.4 is 0 Å². The van der Waals surface area contributed by atoms with Crippen molar-refractivity contribution in [2.75, 3.05) is 0 Å². The number of pyridine rings is 1. The van der Waals surface area contributed by atoms with Crippen molar-refractivity contribution in [2.45, 2.75) is 12.3 Å². The van der Waals surface area contributed by atoms with Crippen molar-refractivity contribution in [3.63, 3.8) is 0 Å². The van der Waals surface area contributed by atoms with Gasteiger partial charge < -0.3 is 4.98 Å². The van der Waals surface area contributed by atoms with E-state index in [1.165, 1.54) is 0 Å². The number of nitriles is 1. The third kappa shape index (κ3) is 2.65. The van der Waals surface area contributed by atoms with E-state index < -0.39 is 5.92 Å². The fraction of sp³-hybridized carbons (Fsp3) is 0.125. The van der Waals surface area contributed by atoms with Gasteiger partial charge in [0, 0.05) is 12.6 Å². The molecule has 1 N–H and O–H groups in total. The van der Waals surface area contributed by atoms with Gasteiger partial charge in [-0.15, -0.1) is 0 Å². The summed E-state index contributed by atoms with van der Waals surface area (Å²) < 4.78 is 0. The van der Waals surface area contributed by atoms with E-state index in [2.05, 4.69) is 21.0 Å². The van der Waals surface area contributed by atoms with Gasteiger partial charge >= 0.3 is 0 Å². The molecule has 0 aliphatic rings. The second kappa shape index (κ2) is 5.55. The summed E-state index contributed by atoms with van der Waals surface area (Å²) in [6, 6.07) is 15.0. The normalized spacial score (nSPS) is 12.0. The van der Waals surface area contributed by atoms with Gasteiger partial charge in [0.05, 0.1) is 17.5 Å². The minimum Gasteiger partial charge on any atom is -0.334 e. The number of Topliss-reactive ketones (excluding diaryl/α,β-unsaturated/α-hetero) is 1. The molecule has 0 bridgehead atoms. The van der Waals surface area contributed by atoms with E-state index in [-0.39, 0.29) is 18.0 Å². The summed E-state index contributed by atoms with van der Waals surface area (Å²) in [7, 11) is 0. The first-order chi connectivity index (χ1) is 10.3. The Morgan fingerprint density at radius 3 is 2.76 bits per heavy atom. The lowest BCUT2D eigenvalue weighted by Gasteiger charge is -2.06. The van der Waals surface area contributed by atoms with Crippen LogP contribution in [0.5, 0.6) is 0 Å². The summed E-state index contributed by atoms with van der Waals surface area (Å²) in [6.45, 7) is 0. The Hall–Kier alpha value is -3.00. The summed E-state index contributed by atoms with van der Waals surface area (Å²) >= 11 is 0. The summed E-state index contributed by atoms with van der Waals surface area (Å²) in [5.41, 5.74) is 2.06. The van der Waals surface area contributed by atoms with Crippen molar-refractivity contribution < 1.29 is 4.79 Å². The number of aromatic amines is 1. The molecule has 0 amide bonds. The largest absolute Gasteiger partial charge is 0.334 e. The zero-order valence-corrected chi connectivity index (χ0v) is 11.2. The van der Waals surface area contributed by atoms with Crippen LogP contribution in [0.1, 0.15) is 28.5 Å². The maximum atomic E-state index is 12.3. The van der Waals surface area contributed by atoms with Gasteiger partial charge in [-0.1, -0.05) is 30.3 Å². The van der Waals surface area contributed by atoms with Crippen LogP contribution in [0.3, 0.4) is 0 Å². The number of benzene rings is 1.